The maximum Gasteiger partial charge on any atom is 0.272 e. The van der Waals surface area contributed by atoms with Crippen LogP contribution in [0.5, 0.6) is 0 Å². The molecule has 2 heterocycles. The molecule has 1 saturated heterocycles. The first-order valence-corrected chi connectivity index (χ1v) is 9.50. The van der Waals surface area contributed by atoms with Gasteiger partial charge in [0.1, 0.15) is 5.69 Å². The average molecular weight is 373 g/mol. The molecule has 3 aromatic rings. The van der Waals surface area contributed by atoms with Gasteiger partial charge in [-0.2, -0.15) is 0 Å². The zero-order chi connectivity index (χ0) is 19.7. The van der Waals surface area contributed by atoms with E-state index in [1.807, 2.05) is 37.3 Å². The summed E-state index contributed by atoms with van der Waals surface area (Å²) >= 11 is 0. The van der Waals surface area contributed by atoms with Crippen molar-refractivity contribution in [2.45, 2.75) is 25.8 Å². The van der Waals surface area contributed by atoms with Crippen LogP contribution in [0.15, 0.2) is 60.7 Å². The standard InChI is InChI=1S/C23H23N3O2/c1-15-7-9-17(10-8-15)19-13-26(14-22(19)24-16(2)27)23(28)21-12-11-18-5-3-4-6-20(18)25-21/h3-12,19,22H,13-14H2,1-2H3,(H,24,27)/t19-,22+/m0/s1. The molecule has 1 N–H and O–H groups in total. The molecule has 2 amide bonds. The highest BCUT2D eigenvalue weighted by Gasteiger charge is 2.37. The lowest BCUT2D eigenvalue weighted by Gasteiger charge is -2.19. The van der Waals surface area contributed by atoms with E-state index in [1.54, 1.807) is 11.0 Å². The van der Waals surface area contributed by atoms with Crippen molar-refractivity contribution in [3.05, 3.63) is 77.5 Å². The van der Waals surface area contributed by atoms with Gasteiger partial charge in [-0.1, -0.05) is 54.1 Å². The van der Waals surface area contributed by atoms with Crippen molar-refractivity contribution in [3.8, 4) is 0 Å². The van der Waals surface area contributed by atoms with E-state index in [2.05, 4.69) is 34.6 Å². The first-order chi connectivity index (χ1) is 13.5. The Labute approximate surface area is 164 Å². The highest BCUT2D eigenvalue weighted by atomic mass is 16.2. The van der Waals surface area contributed by atoms with Gasteiger partial charge in [0.15, 0.2) is 0 Å². The third kappa shape index (κ3) is 3.60. The van der Waals surface area contributed by atoms with Crippen LogP contribution in [0.4, 0.5) is 0 Å². The molecule has 5 heteroatoms. The van der Waals surface area contributed by atoms with Crippen LogP contribution in [0, 0.1) is 6.92 Å². The van der Waals surface area contributed by atoms with Gasteiger partial charge >= 0.3 is 0 Å². The fourth-order valence-electron chi connectivity index (χ4n) is 3.88. The molecule has 4 rings (SSSR count). The van der Waals surface area contributed by atoms with Gasteiger partial charge in [-0.25, -0.2) is 4.98 Å². The van der Waals surface area contributed by atoms with E-state index < -0.39 is 0 Å². The fraction of sp³-hybridized carbons (Fsp3) is 0.261. The van der Waals surface area contributed by atoms with Gasteiger partial charge < -0.3 is 10.2 Å². The number of amides is 2. The number of fused-ring (bicyclic) bond motifs is 1. The third-order valence-corrected chi connectivity index (χ3v) is 5.32. The lowest BCUT2D eigenvalue weighted by molar-refractivity contribution is -0.119. The molecule has 0 unspecified atom stereocenters. The number of aromatic nitrogens is 1. The number of para-hydroxylation sites is 1. The molecule has 1 fully saturated rings. The third-order valence-electron chi connectivity index (χ3n) is 5.32. The topological polar surface area (TPSA) is 62.3 Å². The Morgan fingerprint density at radius 3 is 2.50 bits per heavy atom. The first-order valence-electron chi connectivity index (χ1n) is 9.50. The Hall–Kier alpha value is -3.21. The number of hydrogen-bond donors (Lipinski definition) is 1. The molecule has 142 valence electrons. The van der Waals surface area contributed by atoms with Crippen molar-refractivity contribution in [2.24, 2.45) is 0 Å². The van der Waals surface area contributed by atoms with E-state index in [4.69, 9.17) is 0 Å². The van der Waals surface area contributed by atoms with Crippen LogP contribution in [0.1, 0.15) is 34.5 Å². The van der Waals surface area contributed by atoms with Gasteiger partial charge in [-0.05, 0) is 24.6 Å². The van der Waals surface area contributed by atoms with Gasteiger partial charge in [0.25, 0.3) is 5.91 Å². The summed E-state index contributed by atoms with van der Waals surface area (Å²) in [5.41, 5.74) is 3.56. The second-order valence-electron chi connectivity index (χ2n) is 7.42. The summed E-state index contributed by atoms with van der Waals surface area (Å²) < 4.78 is 0. The number of carbonyl (C=O) groups is 2. The quantitative estimate of drug-likeness (QED) is 0.766. The molecule has 1 aromatic heterocycles. The van der Waals surface area contributed by atoms with Crippen molar-refractivity contribution in [1.82, 2.24) is 15.2 Å². The van der Waals surface area contributed by atoms with Crippen LogP contribution in [-0.4, -0.2) is 40.8 Å². The maximum absolute atomic E-state index is 13.1. The van der Waals surface area contributed by atoms with Crippen molar-refractivity contribution in [2.75, 3.05) is 13.1 Å². The average Bonchev–Trinajstić information content (AvgIpc) is 3.10. The van der Waals surface area contributed by atoms with Crippen LogP contribution in [-0.2, 0) is 4.79 Å². The van der Waals surface area contributed by atoms with Crippen LogP contribution in [0.3, 0.4) is 0 Å². The minimum absolute atomic E-state index is 0.0638. The molecule has 5 nitrogen and oxygen atoms in total. The second kappa shape index (κ2) is 7.43. The summed E-state index contributed by atoms with van der Waals surface area (Å²) in [5.74, 6) is -0.120. The molecule has 1 aliphatic heterocycles. The van der Waals surface area contributed by atoms with Crippen LogP contribution in [0.25, 0.3) is 10.9 Å². The van der Waals surface area contributed by atoms with E-state index in [0.29, 0.717) is 18.8 Å². The second-order valence-corrected chi connectivity index (χ2v) is 7.42. The van der Waals surface area contributed by atoms with Gasteiger partial charge in [0.05, 0.1) is 11.6 Å². The molecule has 2 atom stereocenters. The van der Waals surface area contributed by atoms with Crippen molar-refractivity contribution < 1.29 is 9.59 Å². The predicted octanol–water partition coefficient (Wildman–Crippen LogP) is 3.29. The largest absolute Gasteiger partial charge is 0.351 e. The SMILES string of the molecule is CC(=O)N[C@@H]1CN(C(=O)c2ccc3ccccc3n2)C[C@H]1c1ccc(C)cc1. The molecule has 1 aliphatic rings. The molecule has 28 heavy (non-hydrogen) atoms. The Balaban J connectivity index is 1.60. The number of nitrogens with zero attached hydrogens (tertiary/aromatic N) is 2. The molecule has 0 bridgehead atoms. The number of rotatable bonds is 3. The van der Waals surface area contributed by atoms with Crippen molar-refractivity contribution in [3.63, 3.8) is 0 Å². The molecular weight excluding hydrogens is 350 g/mol. The number of benzene rings is 2. The van der Waals surface area contributed by atoms with E-state index in [-0.39, 0.29) is 23.8 Å². The number of pyridine rings is 1. The zero-order valence-electron chi connectivity index (χ0n) is 16.1. The molecule has 0 saturated carbocycles. The smallest absolute Gasteiger partial charge is 0.272 e. The number of hydrogen-bond acceptors (Lipinski definition) is 3. The molecule has 0 radical (unpaired) electrons. The summed E-state index contributed by atoms with van der Waals surface area (Å²) in [6, 6.07) is 19.6. The minimum atomic E-state index is -0.107. The molecular formula is C23H23N3O2. The van der Waals surface area contributed by atoms with Gasteiger partial charge in [-0.15, -0.1) is 0 Å². The van der Waals surface area contributed by atoms with Crippen LogP contribution < -0.4 is 5.32 Å². The van der Waals surface area contributed by atoms with Gasteiger partial charge in [0, 0.05) is 31.3 Å². The Morgan fingerprint density at radius 1 is 1.00 bits per heavy atom. The van der Waals surface area contributed by atoms with Crippen LogP contribution >= 0.6 is 0 Å². The summed E-state index contributed by atoms with van der Waals surface area (Å²) in [6.45, 7) is 4.60. The van der Waals surface area contributed by atoms with E-state index in [9.17, 15) is 9.59 Å². The first kappa shape index (κ1) is 18.2. The number of carbonyl (C=O) groups excluding carboxylic acids is 2. The summed E-state index contributed by atoms with van der Waals surface area (Å²) in [6.07, 6.45) is 0. The Kier molecular flexibility index (Phi) is 4.82. The summed E-state index contributed by atoms with van der Waals surface area (Å²) in [7, 11) is 0. The zero-order valence-corrected chi connectivity index (χ0v) is 16.1. The summed E-state index contributed by atoms with van der Waals surface area (Å²) in [4.78, 5) is 31.1. The lowest BCUT2D eigenvalue weighted by Crippen LogP contribution is -2.39. The molecule has 2 aromatic carbocycles. The molecule has 0 aliphatic carbocycles. The minimum Gasteiger partial charge on any atom is -0.351 e. The van der Waals surface area contributed by atoms with Crippen molar-refractivity contribution >= 4 is 22.7 Å². The number of nitrogens with one attached hydrogen (secondary N) is 1. The predicted molar refractivity (Wildman–Crippen MR) is 109 cm³/mol. The highest BCUT2D eigenvalue weighted by molar-refractivity contribution is 5.95. The van der Waals surface area contributed by atoms with Gasteiger partial charge in [-0.3, -0.25) is 9.59 Å². The van der Waals surface area contributed by atoms with E-state index in [0.717, 1.165) is 16.5 Å². The fourth-order valence-corrected chi connectivity index (χ4v) is 3.88. The monoisotopic (exact) mass is 373 g/mol. The van der Waals surface area contributed by atoms with Crippen molar-refractivity contribution in [1.29, 1.82) is 0 Å². The highest BCUT2D eigenvalue weighted by Crippen LogP contribution is 2.29. The number of aryl methyl sites for hydroxylation is 1. The normalized spacial score (nSPS) is 19.0. The maximum atomic E-state index is 13.1. The lowest BCUT2D eigenvalue weighted by atomic mass is 9.93. The number of likely N-dealkylation sites (tertiary alicyclic amines) is 1. The van der Waals surface area contributed by atoms with Gasteiger partial charge in [0.2, 0.25) is 5.91 Å². The van der Waals surface area contributed by atoms with E-state index in [1.165, 1.54) is 12.5 Å². The van der Waals surface area contributed by atoms with E-state index >= 15 is 0 Å². The Morgan fingerprint density at radius 2 is 1.75 bits per heavy atom. The summed E-state index contributed by atoms with van der Waals surface area (Å²) in [5, 5.41) is 4.03. The molecule has 0 spiro atoms. The Bertz CT molecular complexity index is 1030. The van der Waals surface area contributed by atoms with Crippen LogP contribution in [0.2, 0.25) is 0 Å².